The average molecular weight is 245 g/mol. The van der Waals surface area contributed by atoms with Crippen molar-refractivity contribution in [3.63, 3.8) is 0 Å². The largest absolute Gasteiger partial charge is 0.382 e. The highest BCUT2D eigenvalue weighted by Gasteiger charge is 2.27. The molecule has 3 rings (SSSR count). The van der Waals surface area contributed by atoms with Crippen molar-refractivity contribution < 1.29 is 4.79 Å². The number of nitrogens with zero attached hydrogens (tertiary/aromatic N) is 2. The first kappa shape index (κ1) is 10.3. The molecule has 0 saturated carbocycles. The number of hydrogen-bond acceptors (Lipinski definition) is 4. The molecule has 0 saturated heterocycles. The summed E-state index contributed by atoms with van der Waals surface area (Å²) >= 11 is 1.29. The Morgan fingerprint density at radius 1 is 1.41 bits per heavy atom. The van der Waals surface area contributed by atoms with Crippen molar-refractivity contribution in [2.45, 2.75) is 6.42 Å². The number of anilines is 2. The molecule has 4 nitrogen and oxygen atoms in total. The maximum atomic E-state index is 12.3. The Kier molecular flexibility index (Phi) is 2.33. The van der Waals surface area contributed by atoms with Gasteiger partial charge < -0.3 is 10.6 Å². The zero-order chi connectivity index (χ0) is 11.8. The number of amides is 1. The Balaban J connectivity index is 1.98. The van der Waals surface area contributed by atoms with E-state index in [-0.39, 0.29) is 5.91 Å². The van der Waals surface area contributed by atoms with Crippen LogP contribution in [0.3, 0.4) is 0 Å². The number of rotatable bonds is 1. The van der Waals surface area contributed by atoms with Crippen molar-refractivity contribution >= 4 is 28.7 Å². The molecule has 1 aliphatic rings. The van der Waals surface area contributed by atoms with E-state index in [0.29, 0.717) is 10.7 Å². The minimum atomic E-state index is -0.0463. The van der Waals surface area contributed by atoms with Gasteiger partial charge in [-0.25, -0.2) is 4.98 Å². The zero-order valence-electron chi connectivity index (χ0n) is 9.09. The van der Waals surface area contributed by atoms with Gasteiger partial charge in [0.2, 0.25) is 0 Å². The average Bonchev–Trinajstić information content (AvgIpc) is 2.94. The molecule has 0 aliphatic carbocycles. The minimum Gasteiger partial charge on any atom is -0.382 e. The molecule has 0 bridgehead atoms. The lowest BCUT2D eigenvalue weighted by atomic mass is 10.2. The summed E-state index contributed by atoms with van der Waals surface area (Å²) in [5.74, 6) is 0.277. The van der Waals surface area contributed by atoms with E-state index in [1.165, 1.54) is 16.9 Å². The van der Waals surface area contributed by atoms with Crippen LogP contribution in [-0.2, 0) is 6.42 Å². The van der Waals surface area contributed by atoms with E-state index >= 15 is 0 Å². The van der Waals surface area contributed by atoms with Crippen LogP contribution in [-0.4, -0.2) is 17.4 Å². The van der Waals surface area contributed by atoms with Crippen LogP contribution in [0.5, 0.6) is 0 Å². The summed E-state index contributed by atoms with van der Waals surface area (Å²) in [4.78, 5) is 18.5. The summed E-state index contributed by atoms with van der Waals surface area (Å²) in [5, 5.41) is 0. The first-order valence-corrected chi connectivity index (χ1v) is 6.24. The molecule has 1 aromatic carbocycles. The molecule has 0 atom stereocenters. The van der Waals surface area contributed by atoms with Gasteiger partial charge >= 0.3 is 0 Å². The van der Waals surface area contributed by atoms with Crippen molar-refractivity contribution in [2.24, 2.45) is 0 Å². The van der Waals surface area contributed by atoms with Gasteiger partial charge in [0.1, 0.15) is 10.7 Å². The highest BCUT2D eigenvalue weighted by atomic mass is 32.1. The van der Waals surface area contributed by atoms with E-state index in [9.17, 15) is 4.79 Å². The number of benzene rings is 1. The summed E-state index contributed by atoms with van der Waals surface area (Å²) in [6.07, 6.45) is 0.903. The lowest BCUT2D eigenvalue weighted by Gasteiger charge is -2.16. The van der Waals surface area contributed by atoms with Gasteiger partial charge in [0.25, 0.3) is 5.91 Å². The van der Waals surface area contributed by atoms with Gasteiger partial charge in [0.15, 0.2) is 0 Å². The molecule has 2 aromatic rings. The minimum absolute atomic E-state index is 0.0463. The fourth-order valence-electron chi connectivity index (χ4n) is 2.09. The first-order chi connectivity index (χ1) is 8.27. The predicted octanol–water partition coefficient (Wildman–Crippen LogP) is 1.93. The number of para-hydroxylation sites is 1. The molecule has 5 heteroatoms. The van der Waals surface area contributed by atoms with Crippen molar-refractivity contribution in [3.05, 3.63) is 40.2 Å². The van der Waals surface area contributed by atoms with Crippen LogP contribution in [0, 0.1) is 0 Å². The summed E-state index contributed by atoms with van der Waals surface area (Å²) in [5.41, 5.74) is 9.49. The standard InChI is InChI=1S/C12H11N3OS/c13-11-10(17-7-14-11)12(16)15-6-5-8-3-1-2-4-9(8)15/h1-4,7H,5-6,13H2. The third kappa shape index (κ3) is 1.59. The predicted molar refractivity (Wildman–Crippen MR) is 68.3 cm³/mol. The molecule has 1 aliphatic heterocycles. The third-order valence-electron chi connectivity index (χ3n) is 2.92. The topological polar surface area (TPSA) is 59.2 Å². The van der Waals surface area contributed by atoms with Crippen LogP contribution in [0.15, 0.2) is 29.8 Å². The molecule has 0 fully saturated rings. The highest BCUT2D eigenvalue weighted by Crippen LogP contribution is 2.30. The Bertz CT molecular complexity index is 579. The van der Waals surface area contributed by atoms with Crippen LogP contribution in [0.4, 0.5) is 11.5 Å². The van der Waals surface area contributed by atoms with Crippen molar-refractivity contribution in [1.82, 2.24) is 4.98 Å². The number of aromatic nitrogens is 1. The van der Waals surface area contributed by atoms with E-state index < -0.39 is 0 Å². The monoisotopic (exact) mass is 245 g/mol. The maximum absolute atomic E-state index is 12.3. The molecule has 0 radical (unpaired) electrons. The summed E-state index contributed by atoms with van der Waals surface area (Å²) in [6.45, 7) is 0.718. The number of carbonyl (C=O) groups is 1. The molecule has 0 unspecified atom stereocenters. The summed E-state index contributed by atoms with van der Waals surface area (Å²) in [7, 11) is 0. The molecule has 0 spiro atoms. The maximum Gasteiger partial charge on any atom is 0.272 e. The molecular formula is C12H11N3OS. The second-order valence-electron chi connectivity index (χ2n) is 3.90. The number of fused-ring (bicyclic) bond motifs is 1. The normalized spacial score (nSPS) is 13.8. The molecule has 2 N–H and O–H groups in total. The number of carbonyl (C=O) groups excluding carboxylic acids is 1. The number of nitrogen functional groups attached to an aromatic ring is 1. The highest BCUT2D eigenvalue weighted by molar-refractivity contribution is 7.12. The SMILES string of the molecule is Nc1ncsc1C(=O)N1CCc2ccccc21. The van der Waals surface area contributed by atoms with Gasteiger partial charge in [-0.05, 0) is 18.1 Å². The van der Waals surface area contributed by atoms with Crippen LogP contribution in [0.25, 0.3) is 0 Å². The van der Waals surface area contributed by atoms with Gasteiger partial charge in [-0.1, -0.05) is 18.2 Å². The second-order valence-corrected chi connectivity index (χ2v) is 4.76. The molecule has 1 amide bonds. The van der Waals surface area contributed by atoms with E-state index in [4.69, 9.17) is 5.73 Å². The Morgan fingerprint density at radius 2 is 2.24 bits per heavy atom. The Morgan fingerprint density at radius 3 is 3.00 bits per heavy atom. The third-order valence-corrected chi connectivity index (χ3v) is 3.75. The molecular weight excluding hydrogens is 234 g/mol. The second kappa shape index (κ2) is 3.85. The fraction of sp³-hybridized carbons (Fsp3) is 0.167. The van der Waals surface area contributed by atoms with E-state index in [1.54, 1.807) is 10.4 Å². The first-order valence-electron chi connectivity index (χ1n) is 5.36. The lowest BCUT2D eigenvalue weighted by molar-refractivity contribution is 0.0994. The van der Waals surface area contributed by atoms with E-state index in [1.807, 2.05) is 18.2 Å². The molecule has 86 valence electrons. The van der Waals surface area contributed by atoms with Crippen LogP contribution in [0.1, 0.15) is 15.2 Å². The Labute approximate surface area is 103 Å². The quantitative estimate of drug-likeness (QED) is 0.835. The van der Waals surface area contributed by atoms with E-state index in [0.717, 1.165) is 18.7 Å². The fourth-order valence-corrected chi connectivity index (χ4v) is 2.74. The summed E-state index contributed by atoms with van der Waals surface area (Å²) < 4.78 is 0. The lowest BCUT2D eigenvalue weighted by Crippen LogP contribution is -2.28. The van der Waals surface area contributed by atoms with Crippen LogP contribution in [0.2, 0.25) is 0 Å². The van der Waals surface area contributed by atoms with Crippen molar-refractivity contribution in [1.29, 1.82) is 0 Å². The molecule has 1 aromatic heterocycles. The van der Waals surface area contributed by atoms with Gasteiger partial charge in [-0.2, -0.15) is 0 Å². The van der Waals surface area contributed by atoms with Gasteiger partial charge in [-0.15, -0.1) is 11.3 Å². The Hall–Kier alpha value is -1.88. The van der Waals surface area contributed by atoms with Crippen LogP contribution >= 0.6 is 11.3 Å². The number of thiazole rings is 1. The van der Waals surface area contributed by atoms with Crippen LogP contribution < -0.4 is 10.6 Å². The van der Waals surface area contributed by atoms with E-state index in [2.05, 4.69) is 11.1 Å². The smallest absolute Gasteiger partial charge is 0.272 e. The molecule has 17 heavy (non-hydrogen) atoms. The number of hydrogen-bond donors (Lipinski definition) is 1. The summed E-state index contributed by atoms with van der Waals surface area (Å²) in [6, 6.07) is 7.96. The molecule has 2 heterocycles. The van der Waals surface area contributed by atoms with Gasteiger partial charge in [-0.3, -0.25) is 4.79 Å². The van der Waals surface area contributed by atoms with Gasteiger partial charge in [0.05, 0.1) is 5.51 Å². The number of nitrogens with two attached hydrogens (primary N) is 1. The zero-order valence-corrected chi connectivity index (χ0v) is 9.91. The van der Waals surface area contributed by atoms with Crippen molar-refractivity contribution in [3.8, 4) is 0 Å². The van der Waals surface area contributed by atoms with Crippen molar-refractivity contribution in [2.75, 3.05) is 17.2 Å². The van der Waals surface area contributed by atoms with Gasteiger partial charge in [0, 0.05) is 12.2 Å².